The molecule has 1 aliphatic carbocycles. The number of nitrogen functional groups attached to an aromatic ring is 1. The second-order valence-corrected chi connectivity index (χ2v) is 11.5. The molecule has 1 heterocycles. The highest BCUT2D eigenvalue weighted by Crippen LogP contribution is 2.32. The molecule has 4 rings (SSSR count). The number of aliphatic hydroxyl groups is 1. The number of hydrogen-bond donors (Lipinski definition) is 4. The van der Waals surface area contributed by atoms with Crippen LogP contribution in [-0.4, -0.2) is 52.4 Å². The molecule has 0 saturated heterocycles. The lowest BCUT2D eigenvalue weighted by Gasteiger charge is -2.19. The molecular formula is C35H38N4O7. The van der Waals surface area contributed by atoms with Gasteiger partial charge in [0.1, 0.15) is 11.5 Å². The van der Waals surface area contributed by atoms with E-state index >= 15 is 0 Å². The van der Waals surface area contributed by atoms with Crippen molar-refractivity contribution in [2.24, 2.45) is 17.6 Å². The first-order valence-electron chi connectivity index (χ1n) is 15.0. The number of nitrogens with one attached hydrogen (secondary N) is 2. The fourth-order valence-corrected chi connectivity index (χ4v) is 4.66. The summed E-state index contributed by atoms with van der Waals surface area (Å²) in [5, 5.41) is 20.6. The predicted octanol–water partition coefficient (Wildman–Crippen LogP) is 4.44. The number of aliphatic hydroxyl groups excluding tert-OH is 1. The number of benzene rings is 2. The van der Waals surface area contributed by atoms with Gasteiger partial charge in [0.25, 0.3) is 5.91 Å². The minimum Gasteiger partial charge on any atom is -0.425 e. The van der Waals surface area contributed by atoms with Gasteiger partial charge in [0.15, 0.2) is 11.5 Å². The van der Waals surface area contributed by atoms with E-state index in [1.54, 1.807) is 50.2 Å². The van der Waals surface area contributed by atoms with Crippen molar-refractivity contribution < 1.29 is 33.8 Å². The Kier molecular flexibility index (Phi) is 10.8. The van der Waals surface area contributed by atoms with E-state index in [1.807, 2.05) is 0 Å². The van der Waals surface area contributed by atoms with Crippen LogP contribution in [0.1, 0.15) is 87.2 Å². The molecule has 1 aromatic heterocycles. The molecule has 1 atom stereocenters. The maximum atomic E-state index is 13.8. The molecule has 1 fully saturated rings. The molecule has 46 heavy (non-hydrogen) atoms. The van der Waals surface area contributed by atoms with Crippen LogP contribution in [0.2, 0.25) is 0 Å². The first-order valence-corrected chi connectivity index (χ1v) is 15.0. The minimum absolute atomic E-state index is 0.0305. The molecule has 1 amide bonds. The minimum atomic E-state index is -1.26. The number of carbonyl (C=O) groups is 4. The molecule has 5 N–H and O–H groups in total. The van der Waals surface area contributed by atoms with E-state index in [4.69, 9.17) is 20.6 Å². The smallest absolute Gasteiger partial charge is 0.360 e. The molecule has 0 radical (unpaired) electrons. The highest BCUT2D eigenvalue weighted by Gasteiger charge is 2.27. The van der Waals surface area contributed by atoms with E-state index in [2.05, 4.69) is 16.9 Å². The van der Waals surface area contributed by atoms with Gasteiger partial charge in [-0.1, -0.05) is 50.8 Å². The summed E-state index contributed by atoms with van der Waals surface area (Å²) in [6.45, 7) is 8.58. The molecule has 2 aromatic carbocycles. The molecule has 11 heteroatoms. The molecule has 240 valence electrons. The van der Waals surface area contributed by atoms with Crippen LogP contribution in [0.25, 0.3) is 17.2 Å². The van der Waals surface area contributed by atoms with Crippen LogP contribution in [-0.2, 0) is 27.3 Å². The topological polar surface area (TPSA) is 182 Å². The van der Waals surface area contributed by atoms with Crippen LogP contribution in [0.4, 0.5) is 0 Å². The number of amidine groups is 1. The summed E-state index contributed by atoms with van der Waals surface area (Å²) >= 11 is 0. The van der Waals surface area contributed by atoms with Gasteiger partial charge in [-0.3, -0.25) is 19.8 Å². The van der Waals surface area contributed by atoms with Crippen molar-refractivity contribution in [3.05, 3.63) is 94.3 Å². The Bertz CT molecular complexity index is 1680. The van der Waals surface area contributed by atoms with Crippen LogP contribution in [0.3, 0.4) is 0 Å². The lowest BCUT2D eigenvalue weighted by molar-refractivity contribution is -0.169. The van der Waals surface area contributed by atoms with Gasteiger partial charge in [0, 0.05) is 36.6 Å². The number of carbonyl (C=O) groups excluding carboxylic acids is 4. The van der Waals surface area contributed by atoms with E-state index in [0.717, 1.165) is 12.8 Å². The fraction of sp³-hybridized carbons (Fsp3) is 0.314. The van der Waals surface area contributed by atoms with Crippen molar-refractivity contribution in [1.82, 2.24) is 10.3 Å². The zero-order valence-electron chi connectivity index (χ0n) is 26.1. The van der Waals surface area contributed by atoms with E-state index in [-0.39, 0.29) is 52.7 Å². The summed E-state index contributed by atoms with van der Waals surface area (Å²) in [5.74, 6) is -2.48. The SMILES string of the molecule is C=Cc1cc(C(=O)Cc2ccc(C(=N)N)cc2)c(-c2ccc(C(=O)NCC3CC3)nc2C(=O)OC(C)OC(=O)C(C)C)cc1CO. The number of Topliss-reactive ketones (excluding diaryl/α,β-unsaturated/α-hetero) is 1. The van der Waals surface area contributed by atoms with Crippen molar-refractivity contribution in [3.63, 3.8) is 0 Å². The maximum Gasteiger partial charge on any atom is 0.360 e. The molecule has 0 bridgehead atoms. The molecule has 0 aliphatic heterocycles. The van der Waals surface area contributed by atoms with E-state index in [9.17, 15) is 24.3 Å². The molecule has 1 saturated carbocycles. The number of nitrogens with two attached hydrogens (primary N) is 1. The summed E-state index contributed by atoms with van der Waals surface area (Å²) in [5.41, 5.74) is 8.04. The van der Waals surface area contributed by atoms with E-state index < -0.39 is 30.1 Å². The van der Waals surface area contributed by atoms with Crippen LogP contribution in [0.5, 0.6) is 0 Å². The Labute approximate surface area is 267 Å². The largest absolute Gasteiger partial charge is 0.425 e. The van der Waals surface area contributed by atoms with E-state index in [0.29, 0.717) is 34.7 Å². The number of ketones is 1. The van der Waals surface area contributed by atoms with Crippen molar-refractivity contribution in [2.45, 2.75) is 52.9 Å². The lowest BCUT2D eigenvalue weighted by Crippen LogP contribution is -2.28. The van der Waals surface area contributed by atoms with Gasteiger partial charge in [-0.2, -0.15) is 0 Å². The van der Waals surface area contributed by atoms with Gasteiger partial charge >= 0.3 is 11.9 Å². The molecular weight excluding hydrogens is 588 g/mol. The van der Waals surface area contributed by atoms with E-state index in [1.165, 1.54) is 25.1 Å². The number of hydrogen-bond acceptors (Lipinski definition) is 9. The summed E-state index contributed by atoms with van der Waals surface area (Å²) in [6.07, 6.45) is 2.28. The van der Waals surface area contributed by atoms with Crippen molar-refractivity contribution in [1.29, 1.82) is 5.41 Å². The highest BCUT2D eigenvalue weighted by molar-refractivity contribution is 6.07. The van der Waals surface area contributed by atoms with Gasteiger partial charge in [-0.15, -0.1) is 0 Å². The zero-order chi connectivity index (χ0) is 33.5. The molecule has 0 spiro atoms. The van der Waals surface area contributed by atoms with Crippen LogP contribution in [0, 0.1) is 17.2 Å². The third kappa shape index (κ3) is 8.30. The van der Waals surface area contributed by atoms with Crippen molar-refractivity contribution in [2.75, 3.05) is 6.54 Å². The van der Waals surface area contributed by atoms with Crippen LogP contribution in [0.15, 0.2) is 55.1 Å². The Morgan fingerprint density at radius 1 is 1.07 bits per heavy atom. The quantitative estimate of drug-likeness (QED) is 0.0661. The Morgan fingerprint density at radius 2 is 1.76 bits per heavy atom. The van der Waals surface area contributed by atoms with Crippen molar-refractivity contribution >= 4 is 35.5 Å². The zero-order valence-corrected chi connectivity index (χ0v) is 26.1. The second kappa shape index (κ2) is 14.7. The number of amides is 1. The maximum absolute atomic E-state index is 13.8. The highest BCUT2D eigenvalue weighted by atomic mass is 16.7. The number of rotatable bonds is 14. The molecule has 1 aliphatic rings. The standard InChI is InChI=1S/C35H38N4O7/c1-5-23-15-28(30(41)14-21-8-10-24(11-9-21)32(36)37)27(16-25(23)18-40)26-12-13-29(33(42)38-17-22-6-7-22)39-31(26)35(44)46-20(4)45-34(43)19(2)3/h5,8-13,15-16,19-20,22,40H,1,6-7,14,17-18H2,2-4H3,(H3,36,37)(H,38,42). The van der Waals surface area contributed by atoms with Gasteiger partial charge in [-0.05, 0) is 65.3 Å². The molecule has 1 unspecified atom stereocenters. The Morgan fingerprint density at radius 3 is 2.35 bits per heavy atom. The predicted molar refractivity (Wildman–Crippen MR) is 172 cm³/mol. The summed E-state index contributed by atoms with van der Waals surface area (Å²) < 4.78 is 10.6. The third-order valence-electron chi connectivity index (χ3n) is 7.49. The molecule has 3 aromatic rings. The third-order valence-corrected chi connectivity index (χ3v) is 7.49. The number of ether oxygens (including phenoxy) is 2. The van der Waals surface area contributed by atoms with Gasteiger partial charge in [0.2, 0.25) is 6.29 Å². The Hall–Kier alpha value is -5.16. The first-order chi connectivity index (χ1) is 21.9. The van der Waals surface area contributed by atoms with Crippen molar-refractivity contribution in [3.8, 4) is 11.1 Å². The monoisotopic (exact) mass is 626 g/mol. The summed E-state index contributed by atoms with van der Waals surface area (Å²) in [7, 11) is 0. The second-order valence-electron chi connectivity index (χ2n) is 11.5. The molecule has 11 nitrogen and oxygen atoms in total. The number of nitrogens with zero attached hydrogens (tertiary/aromatic N) is 1. The van der Waals surface area contributed by atoms with Crippen LogP contribution >= 0.6 is 0 Å². The number of aromatic nitrogens is 1. The van der Waals surface area contributed by atoms with Gasteiger partial charge < -0.3 is 25.6 Å². The number of esters is 2. The lowest BCUT2D eigenvalue weighted by atomic mass is 9.89. The average molecular weight is 627 g/mol. The van der Waals surface area contributed by atoms with Gasteiger partial charge in [-0.25, -0.2) is 9.78 Å². The summed E-state index contributed by atoms with van der Waals surface area (Å²) in [4.78, 5) is 56.9. The average Bonchev–Trinajstić information content (AvgIpc) is 3.87. The Balaban J connectivity index is 1.79. The van der Waals surface area contributed by atoms with Crippen LogP contribution < -0.4 is 11.1 Å². The normalized spacial score (nSPS) is 13.1. The first kappa shape index (κ1) is 33.7. The van der Waals surface area contributed by atoms with Gasteiger partial charge in [0.05, 0.1) is 12.5 Å². The fourth-order valence-electron chi connectivity index (χ4n) is 4.66. The number of pyridine rings is 1. The summed E-state index contributed by atoms with van der Waals surface area (Å²) in [6, 6.07) is 12.8.